The van der Waals surface area contributed by atoms with E-state index in [9.17, 15) is 4.79 Å². The smallest absolute Gasteiger partial charge is 0.231 e. The molecule has 20 heavy (non-hydrogen) atoms. The van der Waals surface area contributed by atoms with Crippen molar-refractivity contribution < 1.29 is 14.3 Å². The molecule has 0 radical (unpaired) electrons. The molecule has 6 nitrogen and oxygen atoms in total. The minimum Gasteiger partial charge on any atom is -0.454 e. The van der Waals surface area contributed by atoms with Crippen LogP contribution in [0.25, 0.3) is 0 Å². The van der Waals surface area contributed by atoms with E-state index >= 15 is 0 Å². The van der Waals surface area contributed by atoms with E-state index in [4.69, 9.17) is 9.47 Å². The van der Waals surface area contributed by atoms with Crippen molar-refractivity contribution in [2.45, 2.75) is 13.3 Å². The molecule has 1 amide bonds. The van der Waals surface area contributed by atoms with Gasteiger partial charge in [0.05, 0.1) is 12.1 Å². The summed E-state index contributed by atoms with van der Waals surface area (Å²) in [6, 6.07) is 7.24. The molecule has 2 heterocycles. The third-order valence-corrected chi connectivity index (χ3v) is 3.10. The predicted octanol–water partition coefficient (Wildman–Crippen LogP) is 1.64. The molecule has 0 bridgehead atoms. The number of nitrogens with one attached hydrogen (secondary N) is 1. The van der Waals surface area contributed by atoms with Crippen molar-refractivity contribution in [2.75, 3.05) is 12.1 Å². The molecule has 1 aromatic carbocycles. The molecule has 1 N–H and O–H groups in total. The summed E-state index contributed by atoms with van der Waals surface area (Å²) in [7, 11) is 1.83. The van der Waals surface area contributed by atoms with Gasteiger partial charge in [-0.15, -0.1) is 0 Å². The van der Waals surface area contributed by atoms with Gasteiger partial charge in [0.2, 0.25) is 12.7 Å². The van der Waals surface area contributed by atoms with Crippen LogP contribution in [0.3, 0.4) is 0 Å². The Kier molecular flexibility index (Phi) is 3.06. The molecule has 0 unspecified atom stereocenters. The molecule has 0 aliphatic carbocycles. The molecule has 1 aliphatic heterocycles. The molecule has 0 saturated carbocycles. The van der Waals surface area contributed by atoms with Crippen LogP contribution in [0.5, 0.6) is 11.5 Å². The normalized spacial score (nSPS) is 12.5. The minimum atomic E-state index is -0.0909. The molecule has 0 spiro atoms. The first-order chi connectivity index (χ1) is 9.61. The second kappa shape index (κ2) is 4.88. The number of hydrogen-bond acceptors (Lipinski definition) is 4. The number of ether oxygens (including phenoxy) is 2. The van der Waals surface area contributed by atoms with Crippen LogP contribution in [0.4, 0.5) is 5.69 Å². The van der Waals surface area contributed by atoms with E-state index in [0.717, 1.165) is 11.4 Å². The van der Waals surface area contributed by atoms with E-state index < -0.39 is 0 Å². The Hall–Kier alpha value is -2.50. The van der Waals surface area contributed by atoms with Crippen LogP contribution in [0.1, 0.15) is 11.4 Å². The summed E-state index contributed by atoms with van der Waals surface area (Å²) in [5.74, 6) is 1.26. The van der Waals surface area contributed by atoms with Crippen molar-refractivity contribution in [1.29, 1.82) is 0 Å². The maximum atomic E-state index is 12.0. The molecule has 3 rings (SSSR count). The lowest BCUT2D eigenvalue weighted by Crippen LogP contribution is -2.16. The maximum Gasteiger partial charge on any atom is 0.231 e. The Balaban J connectivity index is 1.68. The van der Waals surface area contributed by atoms with E-state index in [1.165, 1.54) is 0 Å². The molecular weight excluding hydrogens is 258 g/mol. The Bertz CT molecular complexity index is 664. The molecule has 1 aromatic heterocycles. The van der Waals surface area contributed by atoms with Gasteiger partial charge in [-0.3, -0.25) is 9.48 Å². The fourth-order valence-electron chi connectivity index (χ4n) is 2.17. The highest BCUT2D eigenvalue weighted by Crippen LogP contribution is 2.34. The van der Waals surface area contributed by atoms with Crippen molar-refractivity contribution >= 4 is 11.6 Å². The summed E-state index contributed by atoms with van der Waals surface area (Å²) < 4.78 is 12.2. The molecule has 2 aromatic rings. The molecule has 104 valence electrons. The Morgan fingerprint density at radius 1 is 1.35 bits per heavy atom. The third kappa shape index (κ3) is 2.45. The van der Waals surface area contributed by atoms with Gasteiger partial charge in [-0.2, -0.15) is 5.10 Å². The van der Waals surface area contributed by atoms with Crippen molar-refractivity contribution in [3.05, 3.63) is 35.7 Å². The standard InChI is InChI=1S/C14H15N3O3/c1-9-5-11(17(2)16-9)7-14(18)15-10-3-4-12-13(6-10)20-8-19-12/h3-6H,7-8H2,1-2H3,(H,15,18). The highest BCUT2D eigenvalue weighted by atomic mass is 16.7. The lowest BCUT2D eigenvalue weighted by atomic mass is 10.2. The zero-order valence-corrected chi connectivity index (χ0v) is 11.3. The van der Waals surface area contributed by atoms with E-state index in [1.54, 1.807) is 22.9 Å². The first-order valence-corrected chi connectivity index (χ1v) is 6.31. The fourth-order valence-corrected chi connectivity index (χ4v) is 2.17. The van der Waals surface area contributed by atoms with Crippen molar-refractivity contribution in [1.82, 2.24) is 9.78 Å². The molecule has 6 heteroatoms. The minimum absolute atomic E-state index is 0.0909. The first kappa shape index (κ1) is 12.5. The highest BCUT2D eigenvalue weighted by molar-refractivity contribution is 5.92. The van der Waals surface area contributed by atoms with Gasteiger partial charge in [0.1, 0.15) is 0 Å². The maximum absolute atomic E-state index is 12.0. The summed E-state index contributed by atoms with van der Waals surface area (Å²) in [6.45, 7) is 2.13. The molecule has 1 aliphatic rings. The molecule has 0 saturated heterocycles. The number of amides is 1. The average Bonchev–Trinajstić information content (AvgIpc) is 2.96. The highest BCUT2D eigenvalue weighted by Gasteiger charge is 2.14. The quantitative estimate of drug-likeness (QED) is 0.923. The van der Waals surface area contributed by atoms with E-state index in [2.05, 4.69) is 10.4 Å². The monoisotopic (exact) mass is 273 g/mol. The largest absolute Gasteiger partial charge is 0.454 e. The number of anilines is 1. The fraction of sp³-hybridized carbons (Fsp3) is 0.286. The number of carbonyl (C=O) groups excluding carboxylic acids is 1. The summed E-state index contributed by atoms with van der Waals surface area (Å²) in [5.41, 5.74) is 2.47. The number of nitrogens with zero attached hydrogens (tertiary/aromatic N) is 2. The van der Waals surface area contributed by atoms with E-state index in [-0.39, 0.29) is 19.1 Å². The number of hydrogen-bond donors (Lipinski definition) is 1. The van der Waals surface area contributed by atoms with Crippen LogP contribution in [-0.2, 0) is 18.3 Å². The number of benzene rings is 1. The zero-order valence-electron chi connectivity index (χ0n) is 11.3. The second-order valence-corrected chi connectivity index (χ2v) is 4.69. The number of rotatable bonds is 3. The van der Waals surface area contributed by atoms with Crippen LogP contribution in [-0.4, -0.2) is 22.5 Å². The number of aromatic nitrogens is 2. The number of carbonyl (C=O) groups is 1. The number of aryl methyl sites for hydroxylation is 2. The third-order valence-electron chi connectivity index (χ3n) is 3.10. The number of fused-ring (bicyclic) bond motifs is 1. The van der Waals surface area contributed by atoms with Gasteiger partial charge < -0.3 is 14.8 Å². The SMILES string of the molecule is Cc1cc(CC(=O)Nc2ccc3c(c2)OCO3)n(C)n1. The van der Waals surface area contributed by atoms with Gasteiger partial charge in [0.25, 0.3) is 0 Å². The Labute approximate surface area is 116 Å². The van der Waals surface area contributed by atoms with Gasteiger partial charge in [-0.1, -0.05) is 0 Å². The summed E-state index contributed by atoms with van der Waals surface area (Å²) in [4.78, 5) is 12.0. The van der Waals surface area contributed by atoms with E-state index in [0.29, 0.717) is 17.2 Å². The van der Waals surface area contributed by atoms with Gasteiger partial charge in [0, 0.05) is 24.5 Å². The summed E-state index contributed by atoms with van der Waals surface area (Å²) >= 11 is 0. The Morgan fingerprint density at radius 2 is 2.15 bits per heavy atom. The zero-order chi connectivity index (χ0) is 14.1. The lowest BCUT2D eigenvalue weighted by molar-refractivity contribution is -0.115. The van der Waals surface area contributed by atoms with Crippen LogP contribution < -0.4 is 14.8 Å². The predicted molar refractivity (Wildman–Crippen MR) is 72.8 cm³/mol. The van der Waals surface area contributed by atoms with Crippen LogP contribution in [0, 0.1) is 6.92 Å². The summed E-state index contributed by atoms with van der Waals surface area (Å²) in [5, 5.41) is 7.06. The average molecular weight is 273 g/mol. The molecule has 0 fully saturated rings. The van der Waals surface area contributed by atoms with Crippen LogP contribution in [0.15, 0.2) is 24.3 Å². The lowest BCUT2D eigenvalue weighted by Gasteiger charge is -2.06. The topological polar surface area (TPSA) is 65.4 Å². The Morgan fingerprint density at radius 3 is 2.90 bits per heavy atom. The molecule has 0 atom stereocenters. The van der Waals surface area contributed by atoms with Gasteiger partial charge in [-0.25, -0.2) is 0 Å². The van der Waals surface area contributed by atoms with Crippen molar-refractivity contribution in [3.63, 3.8) is 0 Å². The summed E-state index contributed by atoms with van der Waals surface area (Å²) in [6.07, 6.45) is 0.284. The van der Waals surface area contributed by atoms with Gasteiger partial charge in [-0.05, 0) is 25.1 Å². The first-order valence-electron chi connectivity index (χ1n) is 6.31. The van der Waals surface area contributed by atoms with Crippen molar-refractivity contribution in [3.8, 4) is 11.5 Å². The van der Waals surface area contributed by atoms with Gasteiger partial charge in [0.15, 0.2) is 11.5 Å². The second-order valence-electron chi connectivity index (χ2n) is 4.69. The molecular formula is C14H15N3O3. The van der Waals surface area contributed by atoms with Crippen molar-refractivity contribution in [2.24, 2.45) is 7.05 Å². The van der Waals surface area contributed by atoms with Crippen LogP contribution >= 0.6 is 0 Å². The van der Waals surface area contributed by atoms with Crippen LogP contribution in [0.2, 0.25) is 0 Å². The van der Waals surface area contributed by atoms with E-state index in [1.807, 2.05) is 20.0 Å². The van der Waals surface area contributed by atoms with Gasteiger partial charge >= 0.3 is 0 Å².